The number of likely N-dealkylation sites (N-methyl/N-ethyl adjacent to an activating group) is 1. The van der Waals surface area contributed by atoms with E-state index in [1.165, 1.54) is 33.8 Å². The molecule has 0 bridgehead atoms. The van der Waals surface area contributed by atoms with Crippen LogP contribution in [0.25, 0.3) is 5.65 Å². The fraction of sp³-hybridized carbons (Fsp3) is 0.250. The fourth-order valence-corrected chi connectivity index (χ4v) is 2.18. The van der Waals surface area contributed by atoms with Crippen LogP contribution in [0.3, 0.4) is 0 Å². The van der Waals surface area contributed by atoms with Gasteiger partial charge in [-0.25, -0.2) is 4.98 Å². The molecule has 0 radical (unpaired) electrons. The van der Waals surface area contributed by atoms with E-state index >= 15 is 0 Å². The smallest absolute Gasteiger partial charge is 0.493 e. The SMILES string of the molecule is CN1CC(=O)OB(c2cn3cc([N+](=O)[O-])ccc3n2)OC(=O)C1. The van der Waals surface area contributed by atoms with Gasteiger partial charge in [-0.1, -0.05) is 0 Å². The molecule has 1 fully saturated rings. The van der Waals surface area contributed by atoms with Gasteiger partial charge in [0.1, 0.15) is 11.2 Å². The predicted octanol–water partition coefficient (Wildman–Crippen LogP) is -1.03. The molecule has 1 aliphatic heterocycles. The Balaban J connectivity index is 1.92. The van der Waals surface area contributed by atoms with Crippen LogP contribution >= 0.6 is 0 Å². The molecule has 0 spiro atoms. The Morgan fingerprint density at radius 3 is 2.48 bits per heavy atom. The van der Waals surface area contributed by atoms with Crippen LogP contribution in [-0.2, 0) is 18.9 Å². The predicted molar refractivity (Wildman–Crippen MR) is 76.9 cm³/mol. The molecule has 2 aromatic rings. The zero-order valence-corrected chi connectivity index (χ0v) is 12.0. The maximum Gasteiger partial charge on any atom is 0.657 e. The molecule has 0 saturated carbocycles. The molecule has 0 atom stereocenters. The molecule has 0 unspecified atom stereocenters. The Kier molecular flexibility index (Phi) is 3.70. The van der Waals surface area contributed by atoms with Crippen molar-refractivity contribution in [2.45, 2.75) is 0 Å². The van der Waals surface area contributed by atoms with Crippen LogP contribution in [0.5, 0.6) is 0 Å². The molecule has 0 aromatic carbocycles. The van der Waals surface area contributed by atoms with Gasteiger partial charge in [0.15, 0.2) is 0 Å². The van der Waals surface area contributed by atoms with Gasteiger partial charge in [-0.3, -0.25) is 24.6 Å². The molecule has 3 rings (SSSR count). The Morgan fingerprint density at radius 1 is 1.22 bits per heavy atom. The number of rotatable bonds is 2. The molecular formula is C12H11BN4O6. The summed E-state index contributed by atoms with van der Waals surface area (Å²) in [4.78, 5) is 39.3. The van der Waals surface area contributed by atoms with Crippen molar-refractivity contribution >= 4 is 36.0 Å². The summed E-state index contributed by atoms with van der Waals surface area (Å²) in [5.74, 6) is -1.12. The van der Waals surface area contributed by atoms with E-state index in [1.807, 2.05) is 0 Å². The highest BCUT2D eigenvalue weighted by Crippen LogP contribution is 2.12. The Morgan fingerprint density at radius 2 is 1.87 bits per heavy atom. The number of nitrogens with zero attached hydrogens (tertiary/aromatic N) is 4. The molecule has 1 aliphatic rings. The minimum atomic E-state index is -1.28. The largest absolute Gasteiger partial charge is 0.657 e. The number of pyridine rings is 1. The second-order valence-electron chi connectivity index (χ2n) is 5.06. The lowest BCUT2D eigenvalue weighted by Crippen LogP contribution is -2.48. The Hall–Kier alpha value is -2.95. The van der Waals surface area contributed by atoms with Crippen LogP contribution in [0.15, 0.2) is 24.5 Å². The summed E-state index contributed by atoms with van der Waals surface area (Å²) < 4.78 is 11.6. The second kappa shape index (κ2) is 5.68. The third kappa shape index (κ3) is 3.13. The van der Waals surface area contributed by atoms with E-state index in [9.17, 15) is 19.7 Å². The quantitative estimate of drug-likeness (QED) is 0.392. The van der Waals surface area contributed by atoms with Gasteiger partial charge in [-0.05, 0) is 13.1 Å². The first-order valence-electron chi connectivity index (χ1n) is 6.63. The summed E-state index contributed by atoms with van der Waals surface area (Å²) in [6, 6.07) is 2.75. The summed E-state index contributed by atoms with van der Waals surface area (Å²) in [5.41, 5.74) is 0.461. The summed E-state index contributed by atoms with van der Waals surface area (Å²) in [6.45, 7) is -0.102. The zero-order valence-electron chi connectivity index (χ0n) is 12.0. The molecule has 2 aromatic heterocycles. The number of fused-ring (bicyclic) bond motifs is 1. The molecule has 3 heterocycles. The maximum atomic E-state index is 11.7. The van der Waals surface area contributed by atoms with Crippen LogP contribution < -0.4 is 5.59 Å². The topological polar surface area (TPSA) is 116 Å². The van der Waals surface area contributed by atoms with Gasteiger partial charge < -0.3 is 13.7 Å². The monoisotopic (exact) mass is 318 g/mol. The first-order valence-corrected chi connectivity index (χ1v) is 6.63. The van der Waals surface area contributed by atoms with Crippen LogP contribution in [-0.4, -0.2) is 58.4 Å². The second-order valence-corrected chi connectivity index (χ2v) is 5.06. The number of hydrogen-bond acceptors (Lipinski definition) is 8. The molecular weight excluding hydrogens is 307 g/mol. The Labute approximate surface area is 129 Å². The first kappa shape index (κ1) is 15.0. The van der Waals surface area contributed by atoms with Crippen molar-refractivity contribution in [3.05, 3.63) is 34.6 Å². The number of carbonyl (C=O) groups excluding carboxylic acids is 2. The van der Waals surface area contributed by atoms with Crippen molar-refractivity contribution in [3.63, 3.8) is 0 Å². The normalized spacial score (nSPS) is 16.7. The lowest BCUT2D eigenvalue weighted by Gasteiger charge is -2.21. The average Bonchev–Trinajstić information content (AvgIpc) is 2.87. The number of imidazole rings is 1. The third-order valence-electron chi connectivity index (χ3n) is 3.18. The summed E-state index contributed by atoms with van der Waals surface area (Å²) in [7, 11) is 0.315. The first-order chi connectivity index (χ1) is 10.9. The van der Waals surface area contributed by atoms with Crippen molar-refractivity contribution in [1.82, 2.24) is 14.3 Å². The van der Waals surface area contributed by atoms with E-state index in [2.05, 4.69) is 4.98 Å². The van der Waals surface area contributed by atoms with E-state index in [0.29, 0.717) is 5.65 Å². The van der Waals surface area contributed by atoms with Gasteiger partial charge in [-0.2, -0.15) is 0 Å². The van der Waals surface area contributed by atoms with Crippen LogP contribution in [0, 0.1) is 10.1 Å². The van der Waals surface area contributed by atoms with Gasteiger partial charge >= 0.3 is 19.1 Å². The number of carbonyl (C=O) groups is 2. The van der Waals surface area contributed by atoms with Crippen LogP contribution in [0.2, 0.25) is 0 Å². The summed E-state index contributed by atoms with van der Waals surface area (Å²) in [5, 5.41) is 10.8. The molecule has 1 saturated heterocycles. The molecule has 10 nitrogen and oxygen atoms in total. The van der Waals surface area contributed by atoms with Gasteiger partial charge in [0.05, 0.1) is 24.2 Å². The van der Waals surface area contributed by atoms with E-state index in [1.54, 1.807) is 7.05 Å². The lowest BCUT2D eigenvalue weighted by molar-refractivity contribution is -0.385. The maximum absolute atomic E-state index is 11.7. The molecule has 0 aliphatic carbocycles. The van der Waals surface area contributed by atoms with Crippen molar-refractivity contribution in [3.8, 4) is 0 Å². The van der Waals surface area contributed by atoms with Gasteiger partial charge in [0.25, 0.3) is 5.69 Å². The minimum Gasteiger partial charge on any atom is -0.493 e. The highest BCUT2D eigenvalue weighted by molar-refractivity contribution is 6.63. The third-order valence-corrected chi connectivity index (χ3v) is 3.18. The highest BCUT2D eigenvalue weighted by atomic mass is 16.6. The standard InChI is InChI=1S/C12H11BN4O6/c1-15-6-11(18)22-13(23-12(19)7-15)9-5-16-4-8(17(20)21)2-3-10(16)14-9/h2-5H,6-7H2,1H3. The van der Waals surface area contributed by atoms with Crippen LogP contribution in [0.4, 0.5) is 5.69 Å². The Bertz CT molecular complexity index is 786. The minimum absolute atomic E-state index is 0.0511. The summed E-state index contributed by atoms with van der Waals surface area (Å²) >= 11 is 0. The molecule has 118 valence electrons. The number of nitro groups is 1. The highest BCUT2D eigenvalue weighted by Gasteiger charge is 2.36. The summed E-state index contributed by atoms with van der Waals surface area (Å²) in [6.07, 6.45) is 2.69. The number of hydrogen-bond donors (Lipinski definition) is 0. The molecule has 11 heteroatoms. The average molecular weight is 318 g/mol. The van der Waals surface area contributed by atoms with Crippen molar-refractivity contribution < 1.29 is 23.8 Å². The molecule has 23 heavy (non-hydrogen) atoms. The van der Waals surface area contributed by atoms with Gasteiger partial charge in [-0.15, -0.1) is 0 Å². The molecule has 0 N–H and O–H groups in total. The number of aromatic nitrogens is 2. The zero-order chi connectivity index (χ0) is 16.6. The van der Waals surface area contributed by atoms with Gasteiger partial charge in [0, 0.05) is 12.3 Å². The molecule has 0 amide bonds. The van der Waals surface area contributed by atoms with E-state index < -0.39 is 24.0 Å². The van der Waals surface area contributed by atoms with E-state index in [4.69, 9.17) is 9.31 Å². The van der Waals surface area contributed by atoms with E-state index in [-0.39, 0.29) is 24.4 Å². The van der Waals surface area contributed by atoms with Crippen molar-refractivity contribution in [1.29, 1.82) is 0 Å². The van der Waals surface area contributed by atoms with Crippen LogP contribution in [0.1, 0.15) is 0 Å². The van der Waals surface area contributed by atoms with Crippen molar-refractivity contribution in [2.24, 2.45) is 0 Å². The fourth-order valence-electron chi connectivity index (χ4n) is 2.18. The lowest BCUT2D eigenvalue weighted by atomic mass is 9.85. The van der Waals surface area contributed by atoms with E-state index in [0.717, 1.165) is 0 Å². The van der Waals surface area contributed by atoms with Gasteiger partial charge in [0.2, 0.25) is 0 Å². The van der Waals surface area contributed by atoms with Crippen molar-refractivity contribution in [2.75, 3.05) is 20.1 Å².